The number of hydrogen-bond acceptors (Lipinski definition) is 4. The van der Waals surface area contributed by atoms with Crippen molar-refractivity contribution >= 4 is 17.7 Å². The van der Waals surface area contributed by atoms with Crippen molar-refractivity contribution in [3.8, 4) is 5.75 Å². The van der Waals surface area contributed by atoms with E-state index >= 15 is 0 Å². The monoisotopic (exact) mass is 344 g/mol. The maximum Gasteiger partial charge on any atom is 0.234 e. The number of amides is 1. The zero-order chi connectivity index (χ0) is 17.2. The van der Waals surface area contributed by atoms with Gasteiger partial charge in [0.2, 0.25) is 5.91 Å². The summed E-state index contributed by atoms with van der Waals surface area (Å²) in [5.74, 6) is 1.77. The molecular weight excluding hydrogens is 320 g/mol. The van der Waals surface area contributed by atoms with Gasteiger partial charge in [-0.25, -0.2) is 0 Å². The average molecular weight is 344 g/mol. The van der Waals surface area contributed by atoms with Gasteiger partial charge in [-0.2, -0.15) is 0 Å². The van der Waals surface area contributed by atoms with Crippen LogP contribution in [0.3, 0.4) is 0 Å². The summed E-state index contributed by atoms with van der Waals surface area (Å²) in [5.41, 5.74) is 1.16. The number of rotatable bonds is 9. The highest BCUT2D eigenvalue weighted by molar-refractivity contribution is 7.99. The molecule has 0 aliphatic carbocycles. The summed E-state index contributed by atoms with van der Waals surface area (Å²) in [6.07, 6.45) is 0. The van der Waals surface area contributed by atoms with Crippen LogP contribution in [0.25, 0.3) is 0 Å². The molecule has 0 aliphatic heterocycles. The second kappa shape index (κ2) is 10.0. The predicted octanol–water partition coefficient (Wildman–Crippen LogP) is 3.04. The van der Waals surface area contributed by atoms with E-state index in [2.05, 4.69) is 17.4 Å². The Labute approximate surface area is 148 Å². The number of likely N-dealkylation sites (N-methyl/N-ethyl adjacent to an activating group) is 1. The summed E-state index contributed by atoms with van der Waals surface area (Å²) in [7, 11) is 3.60. The Bertz CT molecular complexity index is 617. The highest BCUT2D eigenvalue weighted by Gasteiger charge is 2.07. The van der Waals surface area contributed by atoms with Crippen LogP contribution in [-0.2, 0) is 11.3 Å². The summed E-state index contributed by atoms with van der Waals surface area (Å²) >= 11 is 1.75. The molecule has 2 aromatic carbocycles. The molecular formula is C19H24N2O2S. The molecule has 0 saturated heterocycles. The number of thioether (sulfide) groups is 1. The molecule has 0 spiro atoms. The van der Waals surface area contributed by atoms with Crippen LogP contribution < -0.4 is 10.1 Å². The van der Waals surface area contributed by atoms with Crippen molar-refractivity contribution in [1.29, 1.82) is 0 Å². The summed E-state index contributed by atoms with van der Waals surface area (Å²) in [4.78, 5) is 15.2. The van der Waals surface area contributed by atoms with Crippen molar-refractivity contribution in [1.82, 2.24) is 10.2 Å². The van der Waals surface area contributed by atoms with Gasteiger partial charge in [0.1, 0.15) is 5.75 Å². The number of benzene rings is 2. The third-order valence-corrected chi connectivity index (χ3v) is 4.47. The molecule has 0 atom stereocenters. The molecule has 0 saturated carbocycles. The zero-order valence-electron chi connectivity index (χ0n) is 14.2. The van der Waals surface area contributed by atoms with E-state index in [4.69, 9.17) is 4.74 Å². The number of ether oxygens (including phenoxy) is 1. The standard InChI is InChI=1S/C19H24N2O2S/c1-21(14-16-8-10-17(23-2)11-9-16)15-19(22)20-12-13-24-18-6-4-3-5-7-18/h3-11H,12-15H2,1-2H3,(H,20,22). The van der Waals surface area contributed by atoms with Crippen LogP contribution in [0, 0.1) is 0 Å². The molecule has 5 heteroatoms. The Morgan fingerprint density at radius 2 is 1.83 bits per heavy atom. The molecule has 0 unspecified atom stereocenters. The van der Waals surface area contributed by atoms with E-state index in [0.717, 1.165) is 23.6 Å². The van der Waals surface area contributed by atoms with Crippen LogP contribution in [-0.4, -0.2) is 43.8 Å². The van der Waals surface area contributed by atoms with Gasteiger partial charge in [-0.1, -0.05) is 30.3 Å². The molecule has 2 rings (SSSR count). The molecule has 0 radical (unpaired) electrons. The maximum absolute atomic E-state index is 12.0. The van der Waals surface area contributed by atoms with Gasteiger partial charge in [-0.05, 0) is 36.9 Å². The van der Waals surface area contributed by atoms with Crippen molar-refractivity contribution in [3.05, 3.63) is 60.2 Å². The molecule has 1 amide bonds. The zero-order valence-corrected chi connectivity index (χ0v) is 15.0. The fourth-order valence-corrected chi connectivity index (χ4v) is 3.07. The molecule has 2 aromatic rings. The van der Waals surface area contributed by atoms with Crippen LogP contribution in [0.2, 0.25) is 0 Å². The minimum atomic E-state index is 0.0553. The Hall–Kier alpha value is -1.98. The highest BCUT2D eigenvalue weighted by atomic mass is 32.2. The van der Waals surface area contributed by atoms with E-state index in [0.29, 0.717) is 13.1 Å². The van der Waals surface area contributed by atoms with E-state index in [1.807, 2.05) is 54.4 Å². The van der Waals surface area contributed by atoms with Crippen molar-refractivity contribution in [2.45, 2.75) is 11.4 Å². The molecule has 0 aromatic heterocycles. The minimum Gasteiger partial charge on any atom is -0.497 e. The number of carbonyl (C=O) groups excluding carboxylic acids is 1. The third kappa shape index (κ3) is 6.64. The first-order valence-electron chi connectivity index (χ1n) is 7.93. The largest absolute Gasteiger partial charge is 0.497 e. The lowest BCUT2D eigenvalue weighted by Crippen LogP contribution is -2.35. The first kappa shape index (κ1) is 18.4. The Balaban J connectivity index is 1.64. The summed E-state index contributed by atoms with van der Waals surface area (Å²) in [6.45, 7) is 1.80. The van der Waals surface area contributed by atoms with Crippen LogP contribution in [0.5, 0.6) is 5.75 Å². The van der Waals surface area contributed by atoms with Gasteiger partial charge < -0.3 is 10.1 Å². The van der Waals surface area contributed by atoms with Gasteiger partial charge in [0.15, 0.2) is 0 Å². The molecule has 0 fully saturated rings. The van der Waals surface area contributed by atoms with Gasteiger partial charge in [-0.3, -0.25) is 9.69 Å². The molecule has 128 valence electrons. The smallest absolute Gasteiger partial charge is 0.234 e. The molecule has 0 heterocycles. The van der Waals surface area contributed by atoms with E-state index in [1.54, 1.807) is 18.9 Å². The number of nitrogens with zero attached hydrogens (tertiary/aromatic N) is 1. The fraction of sp³-hybridized carbons (Fsp3) is 0.316. The number of hydrogen-bond donors (Lipinski definition) is 1. The maximum atomic E-state index is 12.0. The molecule has 0 aliphatic rings. The summed E-state index contributed by atoms with van der Waals surface area (Å²) in [5, 5.41) is 2.97. The van der Waals surface area contributed by atoms with Crippen LogP contribution >= 0.6 is 11.8 Å². The van der Waals surface area contributed by atoms with E-state index < -0.39 is 0 Å². The van der Waals surface area contributed by atoms with Crippen molar-refractivity contribution in [2.75, 3.05) is 33.0 Å². The van der Waals surface area contributed by atoms with Crippen molar-refractivity contribution in [2.24, 2.45) is 0 Å². The van der Waals surface area contributed by atoms with E-state index in [9.17, 15) is 4.79 Å². The minimum absolute atomic E-state index is 0.0553. The van der Waals surface area contributed by atoms with Crippen LogP contribution in [0.1, 0.15) is 5.56 Å². The lowest BCUT2D eigenvalue weighted by molar-refractivity contribution is -0.121. The Kier molecular flexibility index (Phi) is 7.65. The Morgan fingerprint density at radius 3 is 2.50 bits per heavy atom. The number of nitrogens with one attached hydrogen (secondary N) is 1. The first-order chi connectivity index (χ1) is 11.7. The molecule has 1 N–H and O–H groups in total. The Morgan fingerprint density at radius 1 is 1.12 bits per heavy atom. The number of carbonyl (C=O) groups is 1. The third-order valence-electron chi connectivity index (χ3n) is 3.46. The normalized spacial score (nSPS) is 10.6. The van der Waals surface area contributed by atoms with E-state index in [-0.39, 0.29) is 5.91 Å². The van der Waals surface area contributed by atoms with E-state index in [1.165, 1.54) is 4.90 Å². The first-order valence-corrected chi connectivity index (χ1v) is 8.92. The fourth-order valence-electron chi connectivity index (χ4n) is 2.28. The molecule has 4 nitrogen and oxygen atoms in total. The SMILES string of the molecule is COc1ccc(CN(C)CC(=O)NCCSc2ccccc2)cc1. The average Bonchev–Trinajstić information content (AvgIpc) is 2.60. The second-order valence-electron chi connectivity index (χ2n) is 5.53. The summed E-state index contributed by atoms with van der Waals surface area (Å²) < 4.78 is 5.15. The second-order valence-corrected chi connectivity index (χ2v) is 6.70. The van der Waals surface area contributed by atoms with Gasteiger partial charge in [-0.15, -0.1) is 11.8 Å². The predicted molar refractivity (Wildman–Crippen MR) is 99.5 cm³/mol. The van der Waals surface area contributed by atoms with Gasteiger partial charge in [0.25, 0.3) is 0 Å². The lowest BCUT2D eigenvalue weighted by atomic mass is 10.2. The quantitative estimate of drug-likeness (QED) is 0.561. The highest BCUT2D eigenvalue weighted by Crippen LogP contribution is 2.15. The topological polar surface area (TPSA) is 41.6 Å². The van der Waals surface area contributed by atoms with Gasteiger partial charge in [0, 0.05) is 23.7 Å². The van der Waals surface area contributed by atoms with Crippen molar-refractivity contribution in [3.63, 3.8) is 0 Å². The van der Waals surface area contributed by atoms with Crippen LogP contribution in [0.15, 0.2) is 59.5 Å². The lowest BCUT2D eigenvalue weighted by Gasteiger charge is -2.16. The van der Waals surface area contributed by atoms with Crippen LogP contribution in [0.4, 0.5) is 0 Å². The summed E-state index contributed by atoms with van der Waals surface area (Å²) in [6, 6.07) is 18.1. The van der Waals surface area contributed by atoms with Crippen molar-refractivity contribution < 1.29 is 9.53 Å². The van der Waals surface area contributed by atoms with Gasteiger partial charge in [0.05, 0.1) is 13.7 Å². The molecule has 24 heavy (non-hydrogen) atoms. The molecule has 0 bridgehead atoms. The number of methoxy groups -OCH3 is 1. The van der Waals surface area contributed by atoms with Gasteiger partial charge >= 0.3 is 0 Å².